The highest BCUT2D eigenvalue weighted by molar-refractivity contribution is 7.91. The van der Waals surface area contributed by atoms with Gasteiger partial charge in [-0.05, 0) is 31.0 Å². The van der Waals surface area contributed by atoms with E-state index in [0.29, 0.717) is 11.1 Å². The third-order valence-corrected chi connectivity index (χ3v) is 5.11. The maximum absolute atomic E-state index is 12.1. The maximum atomic E-state index is 12.1. The van der Waals surface area contributed by atoms with Gasteiger partial charge in [0, 0.05) is 10.6 Å². The first-order chi connectivity index (χ1) is 8.69. The van der Waals surface area contributed by atoms with E-state index in [-0.39, 0.29) is 15.5 Å². The predicted molar refractivity (Wildman–Crippen MR) is 74.7 cm³/mol. The average molecular weight is 323 g/mol. The molecule has 1 aromatic carbocycles. The third-order valence-electron chi connectivity index (χ3n) is 2.53. The van der Waals surface area contributed by atoms with Crippen LogP contribution in [0.2, 0.25) is 0 Å². The van der Waals surface area contributed by atoms with Crippen LogP contribution in [0.5, 0.6) is 0 Å². The van der Waals surface area contributed by atoms with Crippen molar-refractivity contribution in [2.45, 2.75) is 18.7 Å². The summed E-state index contributed by atoms with van der Waals surface area (Å²) in [5.74, 6) is -1.63. The second-order valence-electron chi connectivity index (χ2n) is 4.05. The molecule has 0 saturated heterocycles. The summed E-state index contributed by atoms with van der Waals surface area (Å²) in [6.45, 7) is 3.21. The lowest BCUT2D eigenvalue weighted by Crippen LogP contribution is -2.11. The highest BCUT2D eigenvalue weighted by Crippen LogP contribution is 2.24. The molecule has 0 aliphatic carbocycles. The fourth-order valence-electron chi connectivity index (χ4n) is 1.69. The molecule has 0 bridgehead atoms. The Kier molecular flexibility index (Phi) is 5.01. The van der Waals surface area contributed by atoms with Crippen molar-refractivity contribution in [1.29, 1.82) is 0 Å². The van der Waals surface area contributed by atoms with Gasteiger partial charge < -0.3 is 5.11 Å². The number of aryl methyl sites for hydroxylation is 2. The Labute approximate surface area is 121 Å². The fourth-order valence-corrected chi connectivity index (χ4v) is 3.74. The van der Waals surface area contributed by atoms with Crippen LogP contribution in [0, 0.1) is 13.8 Å². The number of sulfone groups is 1. The predicted octanol–water partition coefficient (Wildman–Crippen LogP) is 3.09. The van der Waals surface area contributed by atoms with Crippen molar-refractivity contribution in [2.24, 2.45) is 0 Å². The van der Waals surface area contributed by atoms with Crippen molar-refractivity contribution < 1.29 is 18.3 Å². The number of halogens is 2. The molecule has 0 radical (unpaired) electrons. The summed E-state index contributed by atoms with van der Waals surface area (Å²) in [7, 11) is -3.72. The molecule has 0 saturated carbocycles. The minimum Gasteiger partial charge on any atom is -0.478 e. The Bertz CT molecular complexity index is 648. The number of hydrogen-bond donors (Lipinski definition) is 1. The van der Waals surface area contributed by atoms with E-state index in [1.807, 2.05) is 0 Å². The van der Waals surface area contributed by atoms with Gasteiger partial charge in [0.15, 0.2) is 9.84 Å². The van der Waals surface area contributed by atoms with E-state index < -0.39 is 21.6 Å². The molecule has 1 aromatic rings. The lowest BCUT2D eigenvalue weighted by atomic mass is 10.1. The molecule has 104 valence electrons. The summed E-state index contributed by atoms with van der Waals surface area (Å²) in [6, 6.07) is 2.68. The Morgan fingerprint density at radius 3 is 2.37 bits per heavy atom. The van der Waals surface area contributed by atoms with Gasteiger partial charge in [0.25, 0.3) is 0 Å². The number of carboxylic acid groups (broad SMARTS) is 1. The minimum absolute atomic E-state index is 0.0292. The van der Waals surface area contributed by atoms with Crippen molar-refractivity contribution in [3.8, 4) is 0 Å². The molecular weight excluding hydrogens is 311 g/mol. The topological polar surface area (TPSA) is 71.4 Å². The quantitative estimate of drug-likeness (QED) is 0.924. The second kappa shape index (κ2) is 5.94. The van der Waals surface area contributed by atoms with Gasteiger partial charge in [-0.15, -0.1) is 0 Å². The van der Waals surface area contributed by atoms with Crippen molar-refractivity contribution in [3.05, 3.63) is 39.4 Å². The standard InChI is InChI=1S/C12H12Cl2O4S/c1-7-3-8(2)11(4-10(7)12(15)16)19(17,18)6-9(14)5-13/h3-5H,6H2,1-2H3,(H,15,16). The Hall–Kier alpha value is -1.04. The third kappa shape index (κ3) is 3.72. The number of rotatable bonds is 4. The van der Waals surface area contributed by atoms with Crippen LogP contribution in [0.25, 0.3) is 0 Å². The molecule has 0 fully saturated rings. The van der Waals surface area contributed by atoms with Crippen LogP contribution in [0.15, 0.2) is 27.6 Å². The summed E-state index contributed by atoms with van der Waals surface area (Å²) in [6.07, 6.45) is 0. The smallest absolute Gasteiger partial charge is 0.335 e. The average Bonchev–Trinajstić information content (AvgIpc) is 2.27. The molecule has 0 aromatic heterocycles. The van der Waals surface area contributed by atoms with Crippen LogP contribution < -0.4 is 0 Å². The zero-order chi connectivity index (χ0) is 14.8. The molecule has 0 spiro atoms. The van der Waals surface area contributed by atoms with Gasteiger partial charge in [0.05, 0.1) is 16.2 Å². The summed E-state index contributed by atoms with van der Waals surface area (Å²) in [4.78, 5) is 11.0. The number of aromatic carboxylic acids is 1. The molecule has 0 aliphatic heterocycles. The minimum atomic E-state index is -3.72. The van der Waals surface area contributed by atoms with Crippen LogP contribution in [0.3, 0.4) is 0 Å². The van der Waals surface area contributed by atoms with E-state index in [1.165, 1.54) is 6.07 Å². The van der Waals surface area contributed by atoms with E-state index >= 15 is 0 Å². The van der Waals surface area contributed by atoms with Crippen LogP contribution in [0.1, 0.15) is 21.5 Å². The van der Waals surface area contributed by atoms with Gasteiger partial charge in [-0.2, -0.15) is 0 Å². The molecule has 19 heavy (non-hydrogen) atoms. The first-order valence-electron chi connectivity index (χ1n) is 5.21. The molecule has 0 heterocycles. The van der Waals surface area contributed by atoms with E-state index in [1.54, 1.807) is 13.8 Å². The summed E-state index contributed by atoms with van der Waals surface area (Å²) in [5, 5.41) is 8.99. The van der Waals surface area contributed by atoms with Crippen molar-refractivity contribution in [2.75, 3.05) is 5.75 Å². The molecule has 0 unspecified atom stereocenters. The van der Waals surface area contributed by atoms with Crippen LogP contribution >= 0.6 is 23.2 Å². The van der Waals surface area contributed by atoms with Gasteiger partial charge >= 0.3 is 5.97 Å². The molecule has 0 amide bonds. The van der Waals surface area contributed by atoms with Crippen LogP contribution in [0.4, 0.5) is 0 Å². The Morgan fingerprint density at radius 2 is 1.89 bits per heavy atom. The zero-order valence-corrected chi connectivity index (χ0v) is 12.6. The van der Waals surface area contributed by atoms with E-state index in [4.69, 9.17) is 28.3 Å². The van der Waals surface area contributed by atoms with Crippen molar-refractivity contribution >= 4 is 39.0 Å². The highest BCUT2D eigenvalue weighted by Gasteiger charge is 2.21. The normalized spacial score (nSPS) is 12.5. The van der Waals surface area contributed by atoms with Crippen molar-refractivity contribution in [3.63, 3.8) is 0 Å². The van der Waals surface area contributed by atoms with E-state index in [2.05, 4.69) is 0 Å². The van der Waals surface area contributed by atoms with E-state index in [9.17, 15) is 13.2 Å². The Balaban J connectivity index is 3.43. The van der Waals surface area contributed by atoms with Gasteiger partial charge in [-0.1, -0.05) is 29.3 Å². The van der Waals surface area contributed by atoms with Gasteiger partial charge in [0.2, 0.25) is 0 Å². The number of carboxylic acids is 1. The highest BCUT2D eigenvalue weighted by atomic mass is 35.5. The number of hydrogen-bond acceptors (Lipinski definition) is 3. The Morgan fingerprint density at radius 1 is 1.32 bits per heavy atom. The van der Waals surface area contributed by atoms with Gasteiger partial charge in [-0.25, -0.2) is 13.2 Å². The summed E-state index contributed by atoms with van der Waals surface area (Å²) in [5.41, 5.74) is 1.90. The van der Waals surface area contributed by atoms with Gasteiger partial charge in [0.1, 0.15) is 0 Å². The first kappa shape index (κ1) is 16.0. The molecule has 0 aliphatic rings. The molecule has 1 rings (SSSR count). The summed E-state index contributed by atoms with van der Waals surface area (Å²) < 4.78 is 24.3. The first-order valence-corrected chi connectivity index (χ1v) is 7.67. The molecule has 4 nitrogen and oxygen atoms in total. The number of carbonyl (C=O) groups is 1. The SMILES string of the molecule is Cc1cc(C)c(S(=O)(=O)CC(Cl)=CCl)cc1C(=O)O. The summed E-state index contributed by atoms with van der Waals surface area (Å²) >= 11 is 11.0. The fraction of sp³-hybridized carbons (Fsp3) is 0.250. The van der Waals surface area contributed by atoms with Crippen LogP contribution in [-0.2, 0) is 9.84 Å². The lowest BCUT2D eigenvalue weighted by Gasteiger charge is -2.10. The molecule has 0 atom stereocenters. The van der Waals surface area contributed by atoms with Gasteiger partial charge in [-0.3, -0.25) is 0 Å². The van der Waals surface area contributed by atoms with Crippen LogP contribution in [-0.4, -0.2) is 25.2 Å². The number of benzene rings is 1. The maximum Gasteiger partial charge on any atom is 0.335 e. The largest absolute Gasteiger partial charge is 0.478 e. The lowest BCUT2D eigenvalue weighted by molar-refractivity contribution is 0.0696. The zero-order valence-electron chi connectivity index (χ0n) is 10.3. The van der Waals surface area contributed by atoms with Crippen molar-refractivity contribution in [1.82, 2.24) is 0 Å². The monoisotopic (exact) mass is 322 g/mol. The molecule has 7 heteroatoms. The molecular formula is C12H12Cl2O4S. The second-order valence-corrected chi connectivity index (χ2v) is 6.71. The molecule has 1 N–H and O–H groups in total. The van der Waals surface area contributed by atoms with E-state index in [0.717, 1.165) is 11.6 Å².